The number of hydrogen-bond donors (Lipinski definition) is 2. The lowest BCUT2D eigenvalue weighted by atomic mass is 9.93. The minimum absolute atomic E-state index is 0.170. The minimum atomic E-state index is -0.887. The molecule has 0 spiro atoms. The van der Waals surface area contributed by atoms with E-state index < -0.39 is 41.5 Å². The van der Waals surface area contributed by atoms with Crippen LogP contribution >= 0.6 is 11.6 Å². The predicted molar refractivity (Wildman–Crippen MR) is 194 cm³/mol. The molecule has 3 aromatic carbocycles. The smallest absolute Gasteiger partial charge is 0.411 e. The van der Waals surface area contributed by atoms with E-state index in [-0.39, 0.29) is 31.1 Å². The summed E-state index contributed by atoms with van der Waals surface area (Å²) in [7, 11) is 0. The lowest BCUT2D eigenvalue weighted by molar-refractivity contribution is -0.139. The zero-order valence-corrected chi connectivity index (χ0v) is 30.4. The van der Waals surface area contributed by atoms with Crippen molar-refractivity contribution in [2.75, 3.05) is 39.3 Å². The lowest BCUT2D eigenvalue weighted by Crippen LogP contribution is -2.59. The fraction of sp³-hybridized carbons (Fsp3) is 0.436. The first-order chi connectivity index (χ1) is 24.3. The number of carbonyl (C=O) groups excluding carboxylic acids is 4. The van der Waals surface area contributed by atoms with E-state index in [1.165, 1.54) is 17.9 Å². The number of Topliss-reactive ketones (excluding diaryl/α,β-unsaturated/α-hetero) is 1. The number of ether oxygens (including phenoxy) is 1. The fourth-order valence-electron chi connectivity index (χ4n) is 6.55. The normalized spacial score (nSPS) is 17.6. The molecular formula is C39H47ClFN5O5. The molecule has 1 fully saturated rings. The maximum atomic E-state index is 14.4. The molecule has 2 N–H and O–H groups in total. The molecule has 0 radical (unpaired) electrons. The highest BCUT2D eigenvalue weighted by Crippen LogP contribution is 2.26. The topological polar surface area (TPSA) is 111 Å². The summed E-state index contributed by atoms with van der Waals surface area (Å²) in [4.78, 5) is 59.3. The number of amides is 3. The van der Waals surface area contributed by atoms with Crippen LogP contribution in [0.3, 0.4) is 0 Å². The number of fused-ring (bicyclic) bond motifs is 1. The zero-order valence-electron chi connectivity index (χ0n) is 29.7. The number of rotatable bonds is 11. The number of piperazine rings is 1. The standard InChI is InChI=1S/C39H47ClFN5O5/c1-26(47)35(31-11-7-8-12-32(31)41)42-17-18-44-19-21-45(22-20-44)37(49)33(23-27-13-15-30(40)16-14-27)43-36(48)34-24-28-9-5-6-10-29(28)25-46(34)38(50)51-39(2,3)4/h5-16,33-35,42H,17-25H2,1-4H3,(H,43,48). The van der Waals surface area contributed by atoms with Crippen molar-refractivity contribution in [1.82, 2.24) is 25.3 Å². The molecule has 3 aromatic rings. The minimum Gasteiger partial charge on any atom is -0.444 e. The van der Waals surface area contributed by atoms with Gasteiger partial charge >= 0.3 is 6.09 Å². The molecule has 10 nitrogen and oxygen atoms in total. The van der Waals surface area contributed by atoms with Gasteiger partial charge in [-0.15, -0.1) is 0 Å². The van der Waals surface area contributed by atoms with E-state index >= 15 is 0 Å². The number of carbonyl (C=O) groups is 4. The van der Waals surface area contributed by atoms with Crippen molar-refractivity contribution in [2.24, 2.45) is 0 Å². The Kier molecular flexibility index (Phi) is 12.5. The Morgan fingerprint density at radius 3 is 2.22 bits per heavy atom. The first kappa shape index (κ1) is 37.9. The van der Waals surface area contributed by atoms with Gasteiger partial charge in [0.1, 0.15) is 23.5 Å². The van der Waals surface area contributed by atoms with Gasteiger partial charge in [-0.1, -0.05) is 66.2 Å². The van der Waals surface area contributed by atoms with Crippen molar-refractivity contribution in [3.05, 3.63) is 106 Å². The third-order valence-corrected chi connectivity index (χ3v) is 9.48. The molecular weight excluding hydrogens is 673 g/mol. The largest absolute Gasteiger partial charge is 0.444 e. The Balaban J connectivity index is 1.25. The molecule has 3 unspecified atom stereocenters. The van der Waals surface area contributed by atoms with Crippen molar-refractivity contribution in [3.8, 4) is 0 Å². The molecule has 2 heterocycles. The van der Waals surface area contributed by atoms with E-state index in [1.54, 1.807) is 56.0 Å². The van der Waals surface area contributed by atoms with E-state index in [0.29, 0.717) is 49.9 Å². The summed E-state index contributed by atoms with van der Waals surface area (Å²) in [6.45, 7) is 10.1. The van der Waals surface area contributed by atoms with E-state index in [0.717, 1.165) is 16.7 Å². The predicted octanol–water partition coefficient (Wildman–Crippen LogP) is 4.93. The highest BCUT2D eigenvalue weighted by molar-refractivity contribution is 6.30. The van der Waals surface area contributed by atoms with Crippen LogP contribution in [0, 0.1) is 5.82 Å². The molecule has 51 heavy (non-hydrogen) atoms. The van der Waals surface area contributed by atoms with E-state index in [4.69, 9.17) is 16.3 Å². The highest BCUT2D eigenvalue weighted by Gasteiger charge is 2.39. The van der Waals surface area contributed by atoms with E-state index in [1.807, 2.05) is 36.4 Å². The summed E-state index contributed by atoms with van der Waals surface area (Å²) in [5.74, 6) is -1.24. The van der Waals surface area contributed by atoms with Crippen molar-refractivity contribution in [2.45, 2.75) is 70.8 Å². The van der Waals surface area contributed by atoms with Crippen LogP contribution in [-0.4, -0.2) is 95.3 Å². The fourth-order valence-corrected chi connectivity index (χ4v) is 6.68. The van der Waals surface area contributed by atoms with Gasteiger partial charge in [0.2, 0.25) is 11.8 Å². The number of hydrogen-bond acceptors (Lipinski definition) is 7. The number of nitrogens with zero attached hydrogens (tertiary/aromatic N) is 3. The van der Waals surface area contributed by atoms with Gasteiger partial charge in [-0.25, -0.2) is 9.18 Å². The average Bonchev–Trinajstić information content (AvgIpc) is 3.09. The molecule has 272 valence electrons. The molecule has 1 saturated heterocycles. The quantitative estimate of drug-likeness (QED) is 0.289. The monoisotopic (exact) mass is 719 g/mol. The van der Waals surface area contributed by atoms with Crippen molar-refractivity contribution in [3.63, 3.8) is 0 Å². The van der Waals surface area contributed by atoms with Gasteiger partial charge in [0.25, 0.3) is 0 Å². The number of halogens is 2. The lowest BCUT2D eigenvalue weighted by Gasteiger charge is -2.39. The summed E-state index contributed by atoms with van der Waals surface area (Å²) in [5.41, 5.74) is 2.30. The summed E-state index contributed by atoms with van der Waals surface area (Å²) < 4.78 is 20.1. The Morgan fingerprint density at radius 2 is 1.57 bits per heavy atom. The van der Waals surface area contributed by atoms with Gasteiger partial charge in [0, 0.05) is 62.7 Å². The SMILES string of the molecule is CC(=O)C(NCCN1CCN(C(=O)C(Cc2ccc(Cl)cc2)NC(=O)C2Cc3ccccc3CN2C(=O)OC(C)(C)C)CC1)c1ccccc1F. The molecule has 2 aliphatic rings. The number of benzene rings is 3. The summed E-state index contributed by atoms with van der Waals surface area (Å²) >= 11 is 6.13. The second kappa shape index (κ2) is 16.8. The molecule has 0 aliphatic carbocycles. The first-order valence-electron chi connectivity index (χ1n) is 17.4. The Bertz CT molecular complexity index is 1710. The Morgan fingerprint density at radius 1 is 0.922 bits per heavy atom. The van der Waals surface area contributed by atoms with Gasteiger partial charge in [-0.2, -0.15) is 0 Å². The van der Waals surface area contributed by atoms with Crippen LogP contribution in [0.25, 0.3) is 0 Å². The maximum absolute atomic E-state index is 14.4. The maximum Gasteiger partial charge on any atom is 0.411 e. The van der Waals surface area contributed by atoms with Crippen LogP contribution in [0.5, 0.6) is 0 Å². The first-order valence-corrected chi connectivity index (χ1v) is 17.8. The zero-order chi connectivity index (χ0) is 36.7. The average molecular weight is 720 g/mol. The van der Waals surface area contributed by atoms with Gasteiger partial charge in [-0.3, -0.25) is 24.2 Å². The molecule has 0 saturated carbocycles. The molecule has 3 amide bonds. The van der Waals surface area contributed by atoms with Crippen LogP contribution in [0.1, 0.15) is 56.0 Å². The van der Waals surface area contributed by atoms with Crippen LogP contribution in [0.15, 0.2) is 72.8 Å². The third-order valence-electron chi connectivity index (χ3n) is 9.23. The van der Waals surface area contributed by atoms with Gasteiger partial charge < -0.3 is 20.3 Å². The molecule has 12 heteroatoms. The number of ketones is 1. The Hall–Kier alpha value is -4.32. The number of nitrogens with one attached hydrogen (secondary N) is 2. The summed E-state index contributed by atoms with van der Waals surface area (Å²) in [6, 6.07) is 18.6. The van der Waals surface area contributed by atoms with E-state index in [2.05, 4.69) is 15.5 Å². The van der Waals surface area contributed by atoms with Crippen LogP contribution in [0.2, 0.25) is 5.02 Å². The van der Waals surface area contributed by atoms with Gasteiger partial charge in [0.05, 0.1) is 12.6 Å². The van der Waals surface area contributed by atoms with E-state index in [9.17, 15) is 23.6 Å². The van der Waals surface area contributed by atoms with Gasteiger partial charge in [0.15, 0.2) is 5.78 Å². The van der Waals surface area contributed by atoms with Crippen molar-refractivity contribution in [1.29, 1.82) is 0 Å². The molecule has 2 aliphatic heterocycles. The van der Waals surface area contributed by atoms with Gasteiger partial charge in [-0.05, 0) is 62.6 Å². The molecule has 0 aromatic heterocycles. The second-order valence-electron chi connectivity index (χ2n) is 14.2. The Labute approximate surface area is 304 Å². The second-order valence-corrected chi connectivity index (χ2v) is 14.6. The van der Waals surface area contributed by atoms with Crippen LogP contribution in [0.4, 0.5) is 9.18 Å². The summed E-state index contributed by atoms with van der Waals surface area (Å²) in [6.07, 6.45) is -0.0618. The summed E-state index contributed by atoms with van der Waals surface area (Å²) in [5, 5.41) is 6.76. The van der Waals surface area contributed by atoms with Crippen LogP contribution < -0.4 is 10.6 Å². The molecule has 0 bridgehead atoms. The molecule has 5 rings (SSSR count). The third kappa shape index (κ3) is 10.1. The molecule has 3 atom stereocenters. The van der Waals surface area contributed by atoms with Crippen molar-refractivity contribution < 1.29 is 28.3 Å². The van der Waals surface area contributed by atoms with Crippen LogP contribution in [-0.2, 0) is 38.5 Å². The van der Waals surface area contributed by atoms with Crippen molar-refractivity contribution >= 4 is 35.3 Å². The highest BCUT2D eigenvalue weighted by atomic mass is 35.5.